The number of hydrogen-bond acceptors (Lipinski definition) is 4. The molecule has 1 atom stereocenters. The van der Waals surface area contributed by atoms with Crippen LogP contribution in [-0.2, 0) is 14.8 Å². The van der Waals surface area contributed by atoms with Crippen molar-refractivity contribution >= 4 is 15.8 Å². The second-order valence-electron chi connectivity index (χ2n) is 5.70. The van der Waals surface area contributed by atoms with Crippen molar-refractivity contribution in [1.29, 1.82) is 0 Å². The summed E-state index contributed by atoms with van der Waals surface area (Å²) < 4.78 is 28.6. The fraction of sp³-hybridized carbons (Fsp3) is 0.714. The molecule has 21 heavy (non-hydrogen) atoms. The van der Waals surface area contributed by atoms with Crippen molar-refractivity contribution < 1.29 is 13.2 Å². The number of carbonyl (C=O) groups is 1. The Morgan fingerprint density at radius 3 is 2.71 bits per heavy atom. The highest BCUT2D eigenvalue weighted by Crippen LogP contribution is 2.26. The van der Waals surface area contributed by atoms with Crippen molar-refractivity contribution in [3.63, 3.8) is 0 Å². The highest BCUT2D eigenvalue weighted by atomic mass is 32.2. The predicted octanol–water partition coefficient (Wildman–Crippen LogP) is 1.99. The first-order valence-electron chi connectivity index (χ1n) is 7.46. The molecule has 2 heterocycles. The summed E-state index contributed by atoms with van der Waals surface area (Å²) in [4.78, 5) is 16.1. The fourth-order valence-corrected chi connectivity index (χ4v) is 4.21. The molecule has 2 rings (SSSR count). The van der Waals surface area contributed by atoms with Gasteiger partial charge in [0.1, 0.15) is 0 Å². The largest absolute Gasteiger partial charge is 0.334 e. The molecule has 6 nitrogen and oxygen atoms in total. The van der Waals surface area contributed by atoms with Crippen LogP contribution in [0.25, 0.3) is 0 Å². The summed E-state index contributed by atoms with van der Waals surface area (Å²) in [6.45, 7) is 6.09. The van der Waals surface area contributed by atoms with Gasteiger partial charge in [0.05, 0.1) is 12.4 Å². The average molecular weight is 313 g/mol. The highest BCUT2D eigenvalue weighted by molar-refractivity contribution is 7.89. The van der Waals surface area contributed by atoms with Gasteiger partial charge < -0.3 is 4.57 Å². The van der Waals surface area contributed by atoms with E-state index in [1.807, 2.05) is 13.8 Å². The van der Waals surface area contributed by atoms with E-state index in [1.165, 1.54) is 10.6 Å². The maximum atomic E-state index is 12.8. The molecule has 1 aliphatic heterocycles. The molecule has 1 saturated heterocycles. The Morgan fingerprint density at radius 1 is 1.43 bits per heavy atom. The number of sulfonamides is 1. The minimum Gasteiger partial charge on any atom is -0.334 e. The van der Waals surface area contributed by atoms with E-state index in [0.29, 0.717) is 19.4 Å². The minimum absolute atomic E-state index is 0.0124. The van der Waals surface area contributed by atoms with E-state index in [4.69, 9.17) is 0 Å². The van der Waals surface area contributed by atoms with E-state index in [-0.39, 0.29) is 16.9 Å². The van der Waals surface area contributed by atoms with Crippen LogP contribution in [-0.4, -0.2) is 40.6 Å². The Morgan fingerprint density at radius 2 is 2.14 bits per heavy atom. The van der Waals surface area contributed by atoms with Gasteiger partial charge in [0.15, 0.2) is 10.8 Å². The number of piperidine rings is 1. The van der Waals surface area contributed by atoms with Crippen molar-refractivity contribution in [2.45, 2.75) is 63.6 Å². The lowest BCUT2D eigenvalue weighted by atomic mass is 10.00. The quantitative estimate of drug-likeness (QED) is 0.833. The number of nitrogens with zero attached hydrogens (tertiary/aromatic N) is 3. The molecular weight excluding hydrogens is 290 g/mol. The van der Waals surface area contributed by atoms with Crippen LogP contribution in [0, 0.1) is 0 Å². The number of Topliss-reactive ketones (excluding diaryl/α,β-unsaturated/α-hetero) is 1. The standard InChI is InChI=1S/C14H23N3O3S/c1-4-13(18)12-7-5-6-8-17(12)21(19,20)14-9-16(10-15-14)11(2)3/h9-12H,4-8H2,1-3H3. The molecule has 0 amide bonds. The number of aromatic nitrogens is 2. The first-order chi connectivity index (χ1) is 9.87. The smallest absolute Gasteiger partial charge is 0.262 e. The molecule has 0 bridgehead atoms. The van der Waals surface area contributed by atoms with Crippen LogP contribution in [0.2, 0.25) is 0 Å². The lowest BCUT2D eigenvalue weighted by molar-refractivity contribution is -0.123. The van der Waals surface area contributed by atoms with Gasteiger partial charge in [-0.3, -0.25) is 4.79 Å². The summed E-state index contributed by atoms with van der Waals surface area (Å²) >= 11 is 0. The van der Waals surface area contributed by atoms with E-state index in [9.17, 15) is 13.2 Å². The molecule has 0 radical (unpaired) electrons. The predicted molar refractivity (Wildman–Crippen MR) is 79.4 cm³/mol. The van der Waals surface area contributed by atoms with Gasteiger partial charge in [-0.2, -0.15) is 4.31 Å². The molecule has 1 fully saturated rings. The van der Waals surface area contributed by atoms with Gasteiger partial charge in [-0.1, -0.05) is 13.3 Å². The zero-order valence-corrected chi connectivity index (χ0v) is 13.6. The summed E-state index contributed by atoms with van der Waals surface area (Å²) in [6.07, 6.45) is 5.72. The van der Waals surface area contributed by atoms with Crippen LogP contribution < -0.4 is 0 Å². The normalized spacial score (nSPS) is 20.9. The number of rotatable bonds is 5. The highest BCUT2D eigenvalue weighted by Gasteiger charge is 2.37. The molecule has 1 unspecified atom stereocenters. The second kappa shape index (κ2) is 6.27. The molecule has 118 valence electrons. The topological polar surface area (TPSA) is 72.3 Å². The Kier molecular flexibility index (Phi) is 4.83. The van der Waals surface area contributed by atoms with Crippen LogP contribution in [0.1, 0.15) is 52.5 Å². The summed E-state index contributed by atoms with van der Waals surface area (Å²) in [5, 5.41) is 0.0343. The molecular formula is C14H23N3O3S. The molecule has 0 spiro atoms. The average Bonchev–Trinajstić information content (AvgIpc) is 2.97. The fourth-order valence-electron chi connectivity index (χ4n) is 2.60. The Labute approximate surface area is 126 Å². The number of hydrogen-bond donors (Lipinski definition) is 0. The SMILES string of the molecule is CCC(=O)C1CCCCN1S(=O)(=O)c1cn(C(C)C)cn1. The van der Waals surface area contributed by atoms with Crippen LogP contribution in [0.5, 0.6) is 0 Å². The zero-order chi connectivity index (χ0) is 15.6. The lowest BCUT2D eigenvalue weighted by Crippen LogP contribution is -2.47. The Hall–Kier alpha value is -1.21. The van der Waals surface area contributed by atoms with Crippen molar-refractivity contribution in [2.24, 2.45) is 0 Å². The molecule has 0 saturated carbocycles. The third-order valence-corrected chi connectivity index (χ3v) is 5.71. The van der Waals surface area contributed by atoms with Gasteiger partial charge in [-0.05, 0) is 26.7 Å². The monoisotopic (exact) mass is 313 g/mol. The van der Waals surface area contributed by atoms with Crippen molar-refractivity contribution in [2.75, 3.05) is 6.54 Å². The van der Waals surface area contributed by atoms with E-state index in [1.54, 1.807) is 17.7 Å². The molecule has 1 aromatic rings. The molecule has 7 heteroatoms. The first-order valence-corrected chi connectivity index (χ1v) is 8.90. The molecule has 0 aliphatic carbocycles. The van der Waals surface area contributed by atoms with E-state index >= 15 is 0 Å². The Balaban J connectivity index is 2.33. The zero-order valence-electron chi connectivity index (χ0n) is 12.8. The van der Waals surface area contributed by atoms with Gasteiger partial charge in [-0.15, -0.1) is 0 Å². The maximum absolute atomic E-state index is 12.8. The third-order valence-electron chi connectivity index (χ3n) is 3.92. The number of ketones is 1. The summed E-state index contributed by atoms with van der Waals surface area (Å²) in [6, 6.07) is -0.381. The van der Waals surface area contributed by atoms with Crippen LogP contribution in [0.15, 0.2) is 17.6 Å². The number of imidazole rings is 1. The van der Waals surface area contributed by atoms with E-state index < -0.39 is 16.1 Å². The van der Waals surface area contributed by atoms with Gasteiger partial charge in [-0.25, -0.2) is 13.4 Å². The molecule has 0 N–H and O–H groups in total. The minimum atomic E-state index is -3.70. The summed E-state index contributed by atoms with van der Waals surface area (Å²) in [5.74, 6) is -0.0124. The van der Waals surface area contributed by atoms with Gasteiger partial charge in [0.25, 0.3) is 10.0 Å². The summed E-state index contributed by atoms with van der Waals surface area (Å²) in [7, 11) is -3.70. The van der Waals surface area contributed by atoms with E-state index in [2.05, 4.69) is 4.98 Å². The van der Waals surface area contributed by atoms with Crippen molar-refractivity contribution in [3.8, 4) is 0 Å². The lowest BCUT2D eigenvalue weighted by Gasteiger charge is -2.32. The van der Waals surface area contributed by atoms with E-state index in [0.717, 1.165) is 12.8 Å². The third kappa shape index (κ3) is 3.18. The number of carbonyl (C=O) groups excluding carboxylic acids is 1. The molecule has 1 aliphatic rings. The maximum Gasteiger partial charge on any atom is 0.262 e. The molecule has 0 aromatic carbocycles. The van der Waals surface area contributed by atoms with Crippen molar-refractivity contribution in [3.05, 3.63) is 12.5 Å². The van der Waals surface area contributed by atoms with Crippen molar-refractivity contribution in [1.82, 2.24) is 13.9 Å². The van der Waals surface area contributed by atoms with Gasteiger partial charge >= 0.3 is 0 Å². The molecule has 1 aromatic heterocycles. The Bertz CT molecular complexity index is 607. The second-order valence-corrected chi connectivity index (χ2v) is 7.54. The van der Waals surface area contributed by atoms with Gasteiger partial charge in [0, 0.05) is 25.2 Å². The van der Waals surface area contributed by atoms with Crippen LogP contribution in [0.4, 0.5) is 0 Å². The van der Waals surface area contributed by atoms with Gasteiger partial charge in [0.2, 0.25) is 0 Å². The van der Waals surface area contributed by atoms with Crippen LogP contribution in [0.3, 0.4) is 0 Å². The first kappa shape index (κ1) is 16.2. The summed E-state index contributed by atoms with van der Waals surface area (Å²) in [5.41, 5.74) is 0. The van der Waals surface area contributed by atoms with Crippen LogP contribution >= 0.6 is 0 Å².